The van der Waals surface area contributed by atoms with Crippen LogP contribution in [0.15, 0.2) is 18.2 Å². The Bertz CT molecular complexity index is 418. The zero-order valence-corrected chi connectivity index (χ0v) is 8.84. The second kappa shape index (κ2) is 4.12. The average molecular weight is 222 g/mol. The first-order valence-electron chi connectivity index (χ1n) is 4.83. The molecule has 5 heteroatoms. The molecule has 0 radical (unpaired) electrons. The van der Waals surface area contributed by atoms with Crippen LogP contribution in [0.1, 0.15) is 6.42 Å². The van der Waals surface area contributed by atoms with Crippen molar-refractivity contribution in [2.45, 2.75) is 12.7 Å². The number of hydrogen-bond donors (Lipinski definition) is 0. The molecule has 0 aliphatic carbocycles. The fourth-order valence-corrected chi connectivity index (χ4v) is 2.12. The Balaban J connectivity index is 2.36. The summed E-state index contributed by atoms with van der Waals surface area (Å²) in [4.78, 5) is 1.87. The van der Waals surface area contributed by atoms with Gasteiger partial charge in [-0.2, -0.15) is 0 Å². The topological polar surface area (TPSA) is 27.0 Å². The molecule has 2 rings (SSSR count). The molecule has 1 heterocycles. The van der Waals surface area contributed by atoms with Crippen molar-refractivity contribution in [3.05, 3.63) is 29.0 Å². The van der Waals surface area contributed by atoms with Gasteiger partial charge in [-0.25, -0.2) is 9.65 Å². The van der Waals surface area contributed by atoms with Gasteiger partial charge in [0.05, 0.1) is 5.02 Å². The smallest absolute Gasteiger partial charge is 0.378 e. The van der Waals surface area contributed by atoms with Gasteiger partial charge < -0.3 is 4.81 Å². The van der Waals surface area contributed by atoms with Gasteiger partial charge in [0, 0.05) is 18.2 Å². The van der Waals surface area contributed by atoms with Crippen LogP contribution >= 0.6 is 11.6 Å². The molecule has 1 saturated heterocycles. The number of nitrogens with zero attached hydrogens (tertiary/aromatic N) is 2. The highest BCUT2D eigenvalue weighted by atomic mass is 35.5. The summed E-state index contributed by atoms with van der Waals surface area (Å²) < 4.78 is 13.1. The summed E-state index contributed by atoms with van der Waals surface area (Å²) in [5.41, 5.74) is 0.626. The molecule has 15 heavy (non-hydrogen) atoms. The summed E-state index contributed by atoms with van der Waals surface area (Å²) in [5.74, 6) is 1.88. The predicted octanol–water partition coefficient (Wildman–Crippen LogP) is 2.74. The summed E-state index contributed by atoms with van der Waals surface area (Å²) in [7, 11) is 0. The molecule has 1 aliphatic rings. The van der Waals surface area contributed by atoms with E-state index >= 15 is 0 Å². The van der Waals surface area contributed by atoms with Gasteiger partial charge in [-0.1, -0.05) is 11.6 Å². The van der Waals surface area contributed by atoms with Gasteiger partial charge >= 0.3 is 6.85 Å². The standard InChI is InChI=1S/C10H9BClFN2/c12-9-3-2-8(13)6-10(9)15-5-1-4-11(15)7-14/h2-3,6H,1,4-5H2. The molecule has 76 valence electrons. The third-order valence-corrected chi connectivity index (χ3v) is 2.94. The van der Waals surface area contributed by atoms with E-state index in [0.717, 1.165) is 19.3 Å². The van der Waals surface area contributed by atoms with Crippen LogP contribution in [0.4, 0.5) is 10.1 Å². The van der Waals surface area contributed by atoms with Crippen LogP contribution in [0, 0.1) is 17.0 Å². The first-order valence-corrected chi connectivity index (χ1v) is 5.21. The van der Waals surface area contributed by atoms with Crippen molar-refractivity contribution in [3.63, 3.8) is 0 Å². The molecule has 0 N–H and O–H groups in total. The molecule has 0 aromatic heterocycles. The van der Waals surface area contributed by atoms with Crippen LogP contribution < -0.4 is 4.81 Å². The van der Waals surface area contributed by atoms with Gasteiger partial charge in [0.1, 0.15) is 5.82 Å². The highest BCUT2D eigenvalue weighted by molar-refractivity contribution is 6.71. The van der Waals surface area contributed by atoms with Crippen molar-refractivity contribution in [1.82, 2.24) is 0 Å². The normalized spacial score (nSPS) is 15.5. The van der Waals surface area contributed by atoms with Crippen molar-refractivity contribution >= 4 is 24.1 Å². The minimum atomic E-state index is -0.321. The van der Waals surface area contributed by atoms with Crippen LogP contribution in [0.3, 0.4) is 0 Å². The van der Waals surface area contributed by atoms with E-state index < -0.39 is 0 Å². The van der Waals surface area contributed by atoms with E-state index in [2.05, 4.69) is 5.97 Å². The Morgan fingerprint density at radius 2 is 2.33 bits per heavy atom. The Morgan fingerprint density at radius 3 is 3.07 bits per heavy atom. The van der Waals surface area contributed by atoms with E-state index in [1.165, 1.54) is 18.2 Å². The van der Waals surface area contributed by atoms with Crippen LogP contribution in [0.25, 0.3) is 0 Å². The molecule has 1 aliphatic heterocycles. The zero-order valence-electron chi connectivity index (χ0n) is 8.08. The highest BCUT2D eigenvalue weighted by Crippen LogP contribution is 2.31. The van der Waals surface area contributed by atoms with Crippen molar-refractivity contribution in [2.75, 3.05) is 11.4 Å². The third-order valence-electron chi connectivity index (χ3n) is 2.62. The fraction of sp³-hybridized carbons (Fsp3) is 0.300. The van der Waals surface area contributed by atoms with E-state index in [9.17, 15) is 4.39 Å². The van der Waals surface area contributed by atoms with E-state index in [4.69, 9.17) is 16.9 Å². The SMILES string of the molecule is N#CB1CCCN1c1cc(F)ccc1Cl. The third kappa shape index (κ3) is 1.93. The minimum absolute atomic E-state index is 0.177. The summed E-state index contributed by atoms with van der Waals surface area (Å²) in [5, 5.41) is 9.43. The van der Waals surface area contributed by atoms with Gasteiger partial charge in [0.25, 0.3) is 0 Å². The Kier molecular flexibility index (Phi) is 2.83. The lowest BCUT2D eigenvalue weighted by Crippen LogP contribution is -2.32. The monoisotopic (exact) mass is 222 g/mol. The second-order valence-corrected chi connectivity index (χ2v) is 3.98. The molecular formula is C10H9BClFN2. The summed E-state index contributed by atoms with van der Waals surface area (Å²) in [6.45, 7) is 0.589. The maximum atomic E-state index is 13.1. The Hall–Kier alpha value is -1.21. The van der Waals surface area contributed by atoms with E-state index in [0.29, 0.717) is 10.7 Å². The molecule has 1 fully saturated rings. The summed E-state index contributed by atoms with van der Waals surface area (Å²) >= 11 is 5.98. The molecule has 0 bridgehead atoms. The Morgan fingerprint density at radius 1 is 1.53 bits per heavy atom. The zero-order chi connectivity index (χ0) is 10.8. The lowest BCUT2D eigenvalue weighted by molar-refractivity contribution is 0.628. The number of benzene rings is 1. The quantitative estimate of drug-likeness (QED) is 0.683. The molecule has 0 spiro atoms. The maximum absolute atomic E-state index is 13.1. The molecule has 0 amide bonds. The Labute approximate surface area is 93.4 Å². The van der Waals surface area contributed by atoms with E-state index in [-0.39, 0.29) is 12.7 Å². The van der Waals surface area contributed by atoms with Crippen molar-refractivity contribution in [1.29, 1.82) is 5.26 Å². The highest BCUT2D eigenvalue weighted by Gasteiger charge is 2.30. The molecule has 0 unspecified atom stereocenters. The number of nitriles is 1. The first kappa shape index (κ1) is 10.3. The lowest BCUT2D eigenvalue weighted by Gasteiger charge is -2.21. The van der Waals surface area contributed by atoms with Crippen molar-refractivity contribution in [3.8, 4) is 5.97 Å². The first-order chi connectivity index (χ1) is 7.22. The van der Waals surface area contributed by atoms with Crippen molar-refractivity contribution in [2.24, 2.45) is 0 Å². The second-order valence-electron chi connectivity index (χ2n) is 3.58. The number of hydrogen-bond acceptors (Lipinski definition) is 2. The van der Waals surface area contributed by atoms with Gasteiger partial charge in [-0.3, -0.25) is 0 Å². The summed E-state index contributed by atoms with van der Waals surface area (Å²) in [6.07, 6.45) is 1.77. The van der Waals surface area contributed by atoms with Crippen LogP contribution in [-0.2, 0) is 0 Å². The van der Waals surface area contributed by atoms with E-state index in [1.807, 2.05) is 4.81 Å². The maximum Gasteiger partial charge on any atom is 0.378 e. The van der Waals surface area contributed by atoms with E-state index in [1.54, 1.807) is 0 Å². The van der Waals surface area contributed by atoms with Crippen molar-refractivity contribution < 1.29 is 4.39 Å². The number of anilines is 1. The minimum Gasteiger partial charge on any atom is -0.401 e. The van der Waals surface area contributed by atoms with Crippen LogP contribution in [0.5, 0.6) is 0 Å². The average Bonchev–Trinajstić information content (AvgIpc) is 2.69. The van der Waals surface area contributed by atoms with Gasteiger partial charge in [-0.15, -0.1) is 0 Å². The fourth-order valence-electron chi connectivity index (χ4n) is 1.90. The van der Waals surface area contributed by atoms with Gasteiger partial charge in [0.15, 0.2) is 0 Å². The lowest BCUT2D eigenvalue weighted by atomic mass is 9.61. The number of halogens is 2. The molecular weight excluding hydrogens is 213 g/mol. The molecule has 1 aromatic rings. The van der Waals surface area contributed by atoms with Gasteiger partial charge in [-0.05, 0) is 30.9 Å². The van der Waals surface area contributed by atoms with Crippen LogP contribution in [0.2, 0.25) is 11.3 Å². The molecule has 1 aromatic carbocycles. The predicted molar refractivity (Wildman–Crippen MR) is 59.5 cm³/mol. The number of rotatable bonds is 1. The molecule has 0 saturated carbocycles. The molecule has 0 atom stereocenters. The summed E-state index contributed by atoms with van der Waals surface area (Å²) in [6, 6.07) is 4.24. The molecule has 2 nitrogen and oxygen atoms in total. The van der Waals surface area contributed by atoms with Gasteiger partial charge in [0.2, 0.25) is 0 Å². The van der Waals surface area contributed by atoms with Crippen LogP contribution in [-0.4, -0.2) is 13.4 Å². The largest absolute Gasteiger partial charge is 0.401 e.